The molecule has 0 aliphatic carbocycles. The summed E-state index contributed by atoms with van der Waals surface area (Å²) in [4.78, 5) is 15.2. The van der Waals surface area contributed by atoms with E-state index in [1.54, 1.807) is 23.9 Å². The number of hydrogen-bond acceptors (Lipinski definition) is 5. The lowest BCUT2D eigenvalue weighted by Gasteiger charge is -2.07. The zero-order chi connectivity index (χ0) is 15.8. The molecule has 1 heterocycles. The maximum absolute atomic E-state index is 11.5. The maximum atomic E-state index is 11.5. The first kappa shape index (κ1) is 15.9. The molecule has 0 aliphatic rings. The van der Waals surface area contributed by atoms with Gasteiger partial charge in [0.05, 0.1) is 13.7 Å². The summed E-state index contributed by atoms with van der Waals surface area (Å²) in [5.41, 5.74) is 5.15. The summed E-state index contributed by atoms with van der Waals surface area (Å²) in [6.07, 6.45) is 4.49. The van der Waals surface area contributed by atoms with Gasteiger partial charge in [0.1, 0.15) is 17.3 Å². The number of nitrogen functional groups attached to an aromatic ring is 1. The van der Waals surface area contributed by atoms with Crippen LogP contribution in [0.3, 0.4) is 0 Å². The Hall–Kier alpha value is -2.50. The number of nitrogens with zero attached hydrogens (tertiary/aromatic N) is 2. The number of rotatable bonds is 8. The Kier molecular flexibility index (Phi) is 5.82. The van der Waals surface area contributed by atoms with Gasteiger partial charge in [-0.25, -0.2) is 4.79 Å². The molecule has 0 radical (unpaired) electrons. The average Bonchev–Trinajstić information content (AvgIpc) is 2.53. The third-order valence-electron chi connectivity index (χ3n) is 3.27. The predicted molar refractivity (Wildman–Crippen MR) is 85.2 cm³/mol. The van der Waals surface area contributed by atoms with Crippen LogP contribution in [-0.2, 0) is 6.54 Å². The molecule has 0 unspecified atom stereocenters. The van der Waals surface area contributed by atoms with Gasteiger partial charge in [0.25, 0.3) is 0 Å². The molecule has 0 fully saturated rings. The minimum absolute atomic E-state index is 0.258. The van der Waals surface area contributed by atoms with E-state index < -0.39 is 0 Å². The van der Waals surface area contributed by atoms with Crippen LogP contribution >= 0.6 is 0 Å². The van der Waals surface area contributed by atoms with Crippen LogP contribution in [0.4, 0.5) is 5.82 Å². The van der Waals surface area contributed by atoms with Crippen LogP contribution in [0.1, 0.15) is 19.3 Å². The average molecular weight is 303 g/mol. The number of nitrogens with two attached hydrogens (primary N) is 1. The van der Waals surface area contributed by atoms with E-state index in [4.69, 9.17) is 15.2 Å². The highest BCUT2D eigenvalue weighted by molar-refractivity contribution is 5.31. The quantitative estimate of drug-likeness (QED) is 0.755. The fourth-order valence-corrected chi connectivity index (χ4v) is 2.04. The van der Waals surface area contributed by atoms with Crippen molar-refractivity contribution in [2.24, 2.45) is 0 Å². The number of unbranched alkanes of at least 4 members (excludes halogenated alkanes) is 2. The Morgan fingerprint density at radius 1 is 1.09 bits per heavy atom. The molecule has 2 rings (SSSR count). The van der Waals surface area contributed by atoms with Crippen molar-refractivity contribution in [1.29, 1.82) is 0 Å². The fourth-order valence-electron chi connectivity index (χ4n) is 2.04. The van der Waals surface area contributed by atoms with Crippen LogP contribution in [-0.4, -0.2) is 23.3 Å². The highest BCUT2D eigenvalue weighted by Crippen LogP contribution is 2.17. The van der Waals surface area contributed by atoms with Crippen molar-refractivity contribution in [3.05, 3.63) is 47.0 Å². The van der Waals surface area contributed by atoms with Crippen LogP contribution in [0.15, 0.2) is 41.3 Å². The minimum Gasteiger partial charge on any atom is -0.497 e. The smallest absolute Gasteiger partial charge is 0.349 e. The van der Waals surface area contributed by atoms with Gasteiger partial charge in [0.2, 0.25) is 0 Å². The van der Waals surface area contributed by atoms with Crippen molar-refractivity contribution in [2.45, 2.75) is 25.8 Å². The molecular weight excluding hydrogens is 282 g/mol. The summed E-state index contributed by atoms with van der Waals surface area (Å²) in [5, 5.41) is 0. The Morgan fingerprint density at radius 2 is 1.82 bits per heavy atom. The summed E-state index contributed by atoms with van der Waals surface area (Å²) in [7, 11) is 1.64. The predicted octanol–water partition coefficient (Wildman–Crippen LogP) is 2.08. The summed E-state index contributed by atoms with van der Waals surface area (Å²) >= 11 is 0. The van der Waals surface area contributed by atoms with Gasteiger partial charge in [-0.1, -0.05) is 0 Å². The molecule has 0 saturated heterocycles. The van der Waals surface area contributed by atoms with Crippen LogP contribution in [0.25, 0.3) is 0 Å². The van der Waals surface area contributed by atoms with Crippen LogP contribution < -0.4 is 20.9 Å². The van der Waals surface area contributed by atoms with E-state index in [0.29, 0.717) is 13.2 Å². The second-order valence-electron chi connectivity index (χ2n) is 4.91. The zero-order valence-electron chi connectivity index (χ0n) is 12.7. The van der Waals surface area contributed by atoms with Gasteiger partial charge >= 0.3 is 5.69 Å². The van der Waals surface area contributed by atoms with E-state index in [9.17, 15) is 4.79 Å². The molecule has 2 N–H and O–H groups in total. The van der Waals surface area contributed by atoms with E-state index in [-0.39, 0.29) is 11.5 Å². The third kappa shape index (κ3) is 4.80. The lowest BCUT2D eigenvalue weighted by Crippen LogP contribution is -2.23. The molecule has 0 saturated carbocycles. The Bertz CT molecular complexity index is 638. The molecule has 0 amide bonds. The summed E-state index contributed by atoms with van der Waals surface area (Å²) in [6, 6.07) is 9.15. The summed E-state index contributed by atoms with van der Waals surface area (Å²) in [5.74, 6) is 1.91. The standard InChI is InChI=1S/C16H21N3O3/c1-21-13-5-7-14(8-6-13)22-12-4-2-3-10-19-11-9-15(17)18-16(19)20/h5-9,11H,2-4,10,12H2,1H3,(H2,17,18,20). The first-order valence-electron chi connectivity index (χ1n) is 7.29. The van der Waals surface area contributed by atoms with E-state index in [0.717, 1.165) is 30.8 Å². The molecule has 6 heteroatoms. The number of ether oxygens (including phenoxy) is 2. The second kappa shape index (κ2) is 8.07. The van der Waals surface area contributed by atoms with Gasteiger partial charge in [0, 0.05) is 12.7 Å². The summed E-state index contributed by atoms with van der Waals surface area (Å²) < 4.78 is 12.3. The van der Waals surface area contributed by atoms with E-state index in [2.05, 4.69) is 4.98 Å². The first-order valence-corrected chi connectivity index (χ1v) is 7.29. The molecule has 6 nitrogen and oxygen atoms in total. The molecule has 1 aromatic carbocycles. The molecular formula is C16H21N3O3. The first-order chi connectivity index (χ1) is 10.7. The molecule has 0 atom stereocenters. The van der Waals surface area contributed by atoms with Gasteiger partial charge in [-0.3, -0.25) is 4.57 Å². The maximum Gasteiger partial charge on any atom is 0.349 e. The molecule has 0 aliphatic heterocycles. The van der Waals surface area contributed by atoms with E-state index in [1.165, 1.54) is 0 Å². The van der Waals surface area contributed by atoms with Crippen LogP contribution in [0.5, 0.6) is 11.5 Å². The Balaban J connectivity index is 1.63. The lowest BCUT2D eigenvalue weighted by molar-refractivity contribution is 0.303. The second-order valence-corrected chi connectivity index (χ2v) is 4.91. The highest BCUT2D eigenvalue weighted by Gasteiger charge is 1.99. The SMILES string of the molecule is COc1ccc(OCCCCCn2ccc(N)nc2=O)cc1. The van der Waals surface area contributed by atoms with Crippen molar-refractivity contribution < 1.29 is 9.47 Å². The molecule has 0 spiro atoms. The van der Waals surface area contributed by atoms with Crippen LogP contribution in [0, 0.1) is 0 Å². The Labute approximate surface area is 129 Å². The Morgan fingerprint density at radius 3 is 2.50 bits per heavy atom. The topological polar surface area (TPSA) is 79.4 Å². The number of hydrogen-bond donors (Lipinski definition) is 1. The van der Waals surface area contributed by atoms with E-state index >= 15 is 0 Å². The number of methoxy groups -OCH3 is 1. The minimum atomic E-state index is -0.297. The van der Waals surface area contributed by atoms with Gasteiger partial charge in [-0.15, -0.1) is 0 Å². The van der Waals surface area contributed by atoms with Gasteiger partial charge in [-0.05, 0) is 49.6 Å². The number of anilines is 1. The zero-order valence-corrected chi connectivity index (χ0v) is 12.7. The van der Waals surface area contributed by atoms with Crippen molar-refractivity contribution in [1.82, 2.24) is 9.55 Å². The summed E-state index contributed by atoms with van der Waals surface area (Å²) in [6.45, 7) is 1.30. The molecule has 0 bridgehead atoms. The van der Waals surface area contributed by atoms with Gasteiger partial charge < -0.3 is 15.2 Å². The van der Waals surface area contributed by atoms with Crippen molar-refractivity contribution >= 4 is 5.82 Å². The number of benzene rings is 1. The highest BCUT2D eigenvalue weighted by atomic mass is 16.5. The van der Waals surface area contributed by atoms with Crippen molar-refractivity contribution in [3.63, 3.8) is 0 Å². The lowest BCUT2D eigenvalue weighted by atomic mass is 10.2. The molecule has 2 aromatic rings. The molecule has 118 valence electrons. The fraction of sp³-hybridized carbons (Fsp3) is 0.375. The van der Waals surface area contributed by atoms with E-state index in [1.807, 2.05) is 24.3 Å². The number of aryl methyl sites for hydroxylation is 1. The van der Waals surface area contributed by atoms with Gasteiger partial charge in [0.15, 0.2) is 0 Å². The molecule has 1 aromatic heterocycles. The van der Waals surface area contributed by atoms with Gasteiger partial charge in [-0.2, -0.15) is 4.98 Å². The van der Waals surface area contributed by atoms with Crippen LogP contribution in [0.2, 0.25) is 0 Å². The largest absolute Gasteiger partial charge is 0.497 e. The van der Waals surface area contributed by atoms with Crippen molar-refractivity contribution in [3.8, 4) is 11.5 Å². The third-order valence-corrected chi connectivity index (χ3v) is 3.27. The monoisotopic (exact) mass is 303 g/mol. The number of aromatic nitrogens is 2. The normalized spacial score (nSPS) is 10.4. The van der Waals surface area contributed by atoms with Crippen molar-refractivity contribution in [2.75, 3.05) is 19.5 Å². The molecule has 22 heavy (non-hydrogen) atoms.